The number of hydrogen-bond donors (Lipinski definition) is 0. The van der Waals surface area contributed by atoms with Crippen LogP contribution in [0.3, 0.4) is 0 Å². The summed E-state index contributed by atoms with van der Waals surface area (Å²) in [5, 5.41) is 0. The Morgan fingerprint density at radius 1 is 0.833 bits per heavy atom. The van der Waals surface area contributed by atoms with Crippen molar-refractivity contribution in [1.29, 1.82) is 0 Å². The van der Waals surface area contributed by atoms with Gasteiger partial charge in [0.15, 0.2) is 0 Å². The van der Waals surface area contributed by atoms with Crippen molar-refractivity contribution in [2.75, 3.05) is 20.2 Å². The van der Waals surface area contributed by atoms with Crippen LogP contribution in [0.2, 0.25) is 0 Å². The lowest BCUT2D eigenvalue weighted by Crippen LogP contribution is -2.34. The summed E-state index contributed by atoms with van der Waals surface area (Å²) in [4.78, 5) is 25.0. The van der Waals surface area contributed by atoms with E-state index in [4.69, 9.17) is 4.74 Å². The fourth-order valence-electron chi connectivity index (χ4n) is 3.33. The van der Waals surface area contributed by atoms with Crippen LogP contribution in [0, 0.1) is 11.6 Å². The molecular formula is C24H37F2NO3. The molecule has 1 aromatic carbocycles. The van der Waals surface area contributed by atoms with Gasteiger partial charge in [-0.1, -0.05) is 83.6 Å². The van der Waals surface area contributed by atoms with E-state index < -0.39 is 29.1 Å². The molecule has 1 rings (SSSR count). The molecule has 0 saturated heterocycles. The molecule has 0 aliphatic heterocycles. The Balaban J connectivity index is 2.06. The van der Waals surface area contributed by atoms with Gasteiger partial charge in [-0.05, 0) is 18.6 Å². The number of nitrogens with zero attached hydrogens (tertiary/aromatic N) is 1. The van der Waals surface area contributed by atoms with Crippen molar-refractivity contribution in [2.24, 2.45) is 0 Å². The molecule has 1 amide bonds. The molecule has 0 atom stereocenters. The van der Waals surface area contributed by atoms with Crippen molar-refractivity contribution in [3.63, 3.8) is 0 Å². The Bertz CT molecular complexity index is 617. The fraction of sp³-hybridized carbons (Fsp3) is 0.667. The number of carbonyl (C=O) groups excluding carboxylic acids is 2. The minimum Gasteiger partial charge on any atom is -0.464 e. The first-order chi connectivity index (χ1) is 14.5. The second-order valence-electron chi connectivity index (χ2n) is 7.87. The maximum absolute atomic E-state index is 13.7. The Hall–Kier alpha value is -1.98. The quantitative estimate of drug-likeness (QED) is 0.231. The van der Waals surface area contributed by atoms with Crippen molar-refractivity contribution in [3.05, 3.63) is 35.4 Å². The number of hydrogen-bond acceptors (Lipinski definition) is 3. The number of rotatable bonds is 16. The molecule has 30 heavy (non-hydrogen) atoms. The molecule has 4 nitrogen and oxygen atoms in total. The predicted molar refractivity (Wildman–Crippen MR) is 115 cm³/mol. The van der Waals surface area contributed by atoms with Crippen LogP contribution in [-0.2, 0) is 9.53 Å². The van der Waals surface area contributed by atoms with Crippen LogP contribution < -0.4 is 0 Å². The van der Waals surface area contributed by atoms with Crippen LogP contribution in [0.4, 0.5) is 8.78 Å². The molecule has 0 unspecified atom stereocenters. The van der Waals surface area contributed by atoms with Gasteiger partial charge < -0.3 is 9.64 Å². The third kappa shape index (κ3) is 10.7. The first-order valence-electron chi connectivity index (χ1n) is 11.3. The van der Waals surface area contributed by atoms with E-state index in [1.165, 1.54) is 70.9 Å². The standard InChI is InChI=1S/C24H37F2NO3/c1-3-4-5-6-7-8-9-10-11-12-13-14-18-30-22(28)19-27(2)24(29)23-20(25)16-15-17-21(23)26/h15-17H,3-14,18-19H2,1-2H3. The molecule has 0 radical (unpaired) electrons. The van der Waals surface area contributed by atoms with Gasteiger partial charge >= 0.3 is 5.97 Å². The van der Waals surface area contributed by atoms with Gasteiger partial charge in [-0.25, -0.2) is 8.78 Å². The molecule has 1 aromatic rings. The zero-order chi connectivity index (χ0) is 22.2. The lowest BCUT2D eigenvalue weighted by Gasteiger charge is -2.17. The van der Waals surface area contributed by atoms with Gasteiger partial charge in [-0.2, -0.15) is 0 Å². The first kappa shape index (κ1) is 26.1. The van der Waals surface area contributed by atoms with Gasteiger partial charge in [0.25, 0.3) is 5.91 Å². The highest BCUT2D eigenvalue weighted by atomic mass is 19.1. The van der Waals surface area contributed by atoms with E-state index in [1.807, 2.05) is 0 Å². The van der Waals surface area contributed by atoms with Gasteiger partial charge in [0, 0.05) is 7.05 Å². The van der Waals surface area contributed by atoms with Crippen LogP contribution in [-0.4, -0.2) is 37.0 Å². The highest BCUT2D eigenvalue weighted by Gasteiger charge is 2.22. The number of likely N-dealkylation sites (N-methyl/N-ethyl adjacent to an activating group) is 1. The fourth-order valence-corrected chi connectivity index (χ4v) is 3.33. The average Bonchev–Trinajstić information content (AvgIpc) is 2.71. The molecular weight excluding hydrogens is 388 g/mol. The second-order valence-corrected chi connectivity index (χ2v) is 7.87. The second kappa shape index (κ2) is 15.8. The monoisotopic (exact) mass is 425 g/mol. The largest absolute Gasteiger partial charge is 0.464 e. The molecule has 170 valence electrons. The van der Waals surface area contributed by atoms with E-state index in [9.17, 15) is 18.4 Å². The normalized spacial score (nSPS) is 10.8. The van der Waals surface area contributed by atoms with Crippen LogP contribution in [0.1, 0.15) is 94.3 Å². The molecule has 0 bridgehead atoms. The number of carbonyl (C=O) groups is 2. The van der Waals surface area contributed by atoms with Crippen molar-refractivity contribution < 1.29 is 23.1 Å². The topological polar surface area (TPSA) is 46.6 Å². The molecule has 0 saturated carbocycles. The first-order valence-corrected chi connectivity index (χ1v) is 11.3. The predicted octanol–water partition coefficient (Wildman–Crippen LogP) is 6.28. The minimum absolute atomic E-state index is 0.298. The number of unbranched alkanes of at least 4 members (excludes halogenated alkanes) is 11. The summed E-state index contributed by atoms with van der Waals surface area (Å²) >= 11 is 0. The summed E-state index contributed by atoms with van der Waals surface area (Å²) in [6.07, 6.45) is 14.7. The van der Waals surface area contributed by atoms with Crippen molar-refractivity contribution in [1.82, 2.24) is 4.90 Å². The maximum atomic E-state index is 13.7. The zero-order valence-electron chi connectivity index (χ0n) is 18.6. The van der Waals surface area contributed by atoms with Crippen molar-refractivity contribution in [3.8, 4) is 0 Å². The van der Waals surface area contributed by atoms with E-state index in [0.717, 1.165) is 36.3 Å². The van der Waals surface area contributed by atoms with Gasteiger partial charge in [-0.3, -0.25) is 9.59 Å². The zero-order valence-corrected chi connectivity index (χ0v) is 18.6. The van der Waals surface area contributed by atoms with Gasteiger partial charge in [0.1, 0.15) is 23.7 Å². The third-order valence-corrected chi connectivity index (χ3v) is 5.15. The molecule has 0 N–H and O–H groups in total. The average molecular weight is 426 g/mol. The Morgan fingerprint density at radius 3 is 1.80 bits per heavy atom. The molecule has 6 heteroatoms. The number of ether oxygens (including phenoxy) is 1. The van der Waals surface area contributed by atoms with Crippen molar-refractivity contribution in [2.45, 2.75) is 84.0 Å². The highest BCUT2D eigenvalue weighted by molar-refractivity contribution is 5.96. The minimum atomic E-state index is -0.947. The molecule has 0 aliphatic carbocycles. The number of amides is 1. The number of halogens is 2. The smallest absolute Gasteiger partial charge is 0.325 e. The molecule has 0 aromatic heterocycles. The molecule has 0 fully saturated rings. The van der Waals surface area contributed by atoms with Crippen molar-refractivity contribution >= 4 is 11.9 Å². The van der Waals surface area contributed by atoms with E-state index in [1.54, 1.807) is 0 Å². The van der Waals surface area contributed by atoms with E-state index in [2.05, 4.69) is 6.92 Å². The van der Waals surface area contributed by atoms with Gasteiger partial charge in [0.2, 0.25) is 0 Å². The van der Waals surface area contributed by atoms with Crippen LogP contribution >= 0.6 is 0 Å². The summed E-state index contributed by atoms with van der Waals surface area (Å²) < 4.78 is 32.5. The Morgan fingerprint density at radius 2 is 1.30 bits per heavy atom. The van der Waals surface area contributed by atoms with Crippen LogP contribution in [0.5, 0.6) is 0 Å². The number of benzene rings is 1. The van der Waals surface area contributed by atoms with Gasteiger partial charge in [-0.15, -0.1) is 0 Å². The Kier molecular flexibility index (Phi) is 13.7. The number of esters is 1. The van der Waals surface area contributed by atoms with Crippen LogP contribution in [0.25, 0.3) is 0 Å². The summed E-state index contributed by atoms with van der Waals surface area (Å²) in [7, 11) is 1.32. The Labute approximate surface area is 180 Å². The molecule has 0 aliphatic rings. The summed E-state index contributed by atoms with van der Waals surface area (Å²) in [6, 6.07) is 3.20. The maximum Gasteiger partial charge on any atom is 0.325 e. The van der Waals surface area contributed by atoms with Gasteiger partial charge in [0.05, 0.1) is 6.61 Å². The van der Waals surface area contributed by atoms with E-state index in [-0.39, 0.29) is 6.54 Å². The highest BCUT2D eigenvalue weighted by Crippen LogP contribution is 2.14. The SMILES string of the molecule is CCCCCCCCCCCCCCOC(=O)CN(C)C(=O)c1c(F)cccc1F. The third-order valence-electron chi connectivity index (χ3n) is 5.15. The van der Waals surface area contributed by atoms with Crippen LogP contribution in [0.15, 0.2) is 18.2 Å². The molecule has 0 spiro atoms. The summed E-state index contributed by atoms with van der Waals surface area (Å²) in [5.74, 6) is -3.35. The molecule has 0 heterocycles. The summed E-state index contributed by atoms with van der Waals surface area (Å²) in [6.45, 7) is 2.19. The summed E-state index contributed by atoms with van der Waals surface area (Å²) in [5.41, 5.74) is -0.659. The lowest BCUT2D eigenvalue weighted by molar-refractivity contribution is -0.144. The van der Waals surface area contributed by atoms with E-state index in [0.29, 0.717) is 6.61 Å². The lowest BCUT2D eigenvalue weighted by atomic mass is 10.1. The van der Waals surface area contributed by atoms with E-state index >= 15 is 0 Å².